The van der Waals surface area contributed by atoms with Crippen molar-refractivity contribution in [1.82, 2.24) is 5.01 Å². The number of benzene rings is 3. The molecular weight excluding hydrogens is 456 g/mol. The number of ether oxygens (including phenoxy) is 1. The highest BCUT2D eigenvalue weighted by Gasteiger charge is 2.35. The molecule has 2 heterocycles. The van der Waals surface area contributed by atoms with E-state index in [-0.39, 0.29) is 11.4 Å². The fourth-order valence-corrected chi connectivity index (χ4v) is 4.41. The summed E-state index contributed by atoms with van der Waals surface area (Å²) in [5.74, 6) is 0.154. The zero-order valence-electron chi connectivity index (χ0n) is 17.2. The normalized spacial score (nSPS) is 16.5. The van der Waals surface area contributed by atoms with Gasteiger partial charge in [0.25, 0.3) is 5.91 Å². The molecule has 1 amide bonds. The summed E-state index contributed by atoms with van der Waals surface area (Å²) in [5.41, 5.74) is 2.68. The topological polar surface area (TPSA) is 78.1 Å². The molecule has 0 spiro atoms. The van der Waals surface area contributed by atoms with E-state index in [0.717, 1.165) is 16.7 Å². The first-order valence-corrected chi connectivity index (χ1v) is 11.3. The van der Waals surface area contributed by atoms with Crippen LogP contribution in [0.3, 0.4) is 0 Å². The first kappa shape index (κ1) is 21.2. The molecule has 162 valence electrons. The number of amides is 1. The Kier molecular flexibility index (Phi) is 5.81. The first-order chi connectivity index (χ1) is 16.1. The molecule has 0 saturated heterocycles. The maximum absolute atomic E-state index is 12.7. The Bertz CT molecular complexity index is 1350. The maximum Gasteiger partial charge on any atom is 0.283 e. The minimum Gasteiger partial charge on any atom is -0.489 e. The highest BCUT2D eigenvalue weighted by Crippen LogP contribution is 2.31. The number of rotatable bonds is 5. The number of hydrazone groups is 1. The van der Waals surface area contributed by atoms with E-state index in [2.05, 4.69) is 10.1 Å². The lowest BCUT2D eigenvalue weighted by molar-refractivity contribution is -0.114. The number of hydrogen-bond donors (Lipinski definition) is 1. The van der Waals surface area contributed by atoms with Gasteiger partial charge in [-0.1, -0.05) is 72.3 Å². The van der Waals surface area contributed by atoms with E-state index in [1.54, 1.807) is 12.1 Å². The predicted molar refractivity (Wildman–Crippen MR) is 133 cm³/mol. The van der Waals surface area contributed by atoms with Crippen LogP contribution in [0.2, 0.25) is 5.02 Å². The van der Waals surface area contributed by atoms with Gasteiger partial charge in [-0.3, -0.25) is 10.2 Å². The van der Waals surface area contributed by atoms with E-state index < -0.39 is 5.91 Å². The summed E-state index contributed by atoms with van der Waals surface area (Å²) in [7, 11) is 0. The zero-order chi connectivity index (χ0) is 22.8. The second kappa shape index (κ2) is 9.05. The van der Waals surface area contributed by atoms with Gasteiger partial charge >= 0.3 is 0 Å². The van der Waals surface area contributed by atoms with Gasteiger partial charge in [-0.25, -0.2) is 0 Å². The van der Waals surface area contributed by atoms with Crippen LogP contribution in [0, 0.1) is 5.41 Å². The maximum atomic E-state index is 12.7. The number of carbonyl (C=O) groups is 1. The molecule has 0 radical (unpaired) electrons. The Morgan fingerprint density at radius 2 is 1.82 bits per heavy atom. The van der Waals surface area contributed by atoms with Crippen molar-refractivity contribution >= 4 is 51.4 Å². The summed E-state index contributed by atoms with van der Waals surface area (Å²) in [6.07, 6.45) is 1.63. The number of nitrogens with one attached hydrogen (secondary N) is 1. The number of thioether (sulfide) groups is 1. The van der Waals surface area contributed by atoms with Crippen LogP contribution < -0.4 is 4.74 Å². The summed E-state index contributed by atoms with van der Waals surface area (Å²) in [4.78, 5) is 16.8. The van der Waals surface area contributed by atoms with E-state index in [1.165, 1.54) is 16.8 Å². The van der Waals surface area contributed by atoms with Crippen molar-refractivity contribution in [2.45, 2.75) is 6.61 Å². The van der Waals surface area contributed by atoms with Crippen LogP contribution in [-0.2, 0) is 11.4 Å². The lowest BCUT2D eigenvalue weighted by Crippen LogP contribution is -2.35. The molecule has 0 atom stereocenters. The minimum absolute atomic E-state index is 0.00850. The molecule has 3 aromatic carbocycles. The van der Waals surface area contributed by atoms with Gasteiger partial charge in [-0.05, 0) is 41.6 Å². The third-order valence-electron chi connectivity index (χ3n) is 5.00. The van der Waals surface area contributed by atoms with Gasteiger partial charge in [-0.2, -0.15) is 15.1 Å². The van der Waals surface area contributed by atoms with E-state index in [1.807, 2.05) is 72.8 Å². The largest absolute Gasteiger partial charge is 0.489 e. The number of nitrogens with zero attached hydrogens (tertiary/aromatic N) is 3. The van der Waals surface area contributed by atoms with E-state index in [9.17, 15) is 4.79 Å². The minimum atomic E-state index is -0.467. The molecule has 33 heavy (non-hydrogen) atoms. The Labute approximate surface area is 199 Å². The smallest absolute Gasteiger partial charge is 0.283 e. The number of halogens is 1. The van der Waals surface area contributed by atoms with E-state index in [0.29, 0.717) is 27.6 Å². The molecule has 1 N–H and O–H groups in total. The molecule has 2 aliphatic rings. The lowest BCUT2D eigenvalue weighted by atomic mass is 10.1. The Hall–Kier alpha value is -3.68. The first-order valence-electron chi connectivity index (χ1n) is 10.1. The molecule has 3 aromatic rings. The molecule has 6 nitrogen and oxygen atoms in total. The van der Waals surface area contributed by atoms with Gasteiger partial charge in [0.15, 0.2) is 5.84 Å². The summed E-state index contributed by atoms with van der Waals surface area (Å²) >= 11 is 7.47. The van der Waals surface area contributed by atoms with Crippen LogP contribution in [-0.4, -0.2) is 27.0 Å². The number of amidine groups is 2. The molecule has 0 aliphatic carbocycles. The van der Waals surface area contributed by atoms with Gasteiger partial charge in [-0.15, -0.1) is 0 Å². The van der Waals surface area contributed by atoms with Gasteiger partial charge in [0, 0.05) is 16.1 Å². The number of aliphatic imine (C=N–C) groups is 1. The molecular formula is C25H17ClN4O2S. The monoisotopic (exact) mass is 472 g/mol. The van der Waals surface area contributed by atoms with E-state index >= 15 is 0 Å². The Balaban J connectivity index is 1.37. The van der Waals surface area contributed by atoms with Gasteiger partial charge in [0.2, 0.25) is 5.17 Å². The third-order valence-corrected chi connectivity index (χ3v) is 6.32. The summed E-state index contributed by atoms with van der Waals surface area (Å²) in [6.45, 7) is 0.323. The third kappa shape index (κ3) is 4.46. The summed E-state index contributed by atoms with van der Waals surface area (Å²) in [5, 5.41) is 16.2. The Morgan fingerprint density at radius 1 is 1.03 bits per heavy atom. The predicted octanol–water partition coefficient (Wildman–Crippen LogP) is 5.59. The van der Waals surface area contributed by atoms with Crippen LogP contribution in [0.5, 0.6) is 5.75 Å². The van der Waals surface area contributed by atoms with Crippen LogP contribution in [0.4, 0.5) is 0 Å². The molecule has 0 saturated carbocycles. The van der Waals surface area contributed by atoms with Gasteiger partial charge in [0.05, 0.1) is 5.57 Å². The number of carbonyl (C=O) groups excluding carboxylic acids is 1. The fraction of sp³-hybridized carbons (Fsp3) is 0.0400. The molecule has 5 rings (SSSR count). The number of fused-ring (bicyclic) bond motifs is 1. The molecule has 8 heteroatoms. The van der Waals surface area contributed by atoms with Gasteiger partial charge < -0.3 is 4.74 Å². The van der Waals surface area contributed by atoms with E-state index in [4.69, 9.17) is 21.7 Å². The zero-order valence-corrected chi connectivity index (χ0v) is 18.8. The average molecular weight is 473 g/mol. The molecule has 0 aromatic heterocycles. The fourth-order valence-electron chi connectivity index (χ4n) is 3.33. The second-order valence-electron chi connectivity index (χ2n) is 7.24. The summed E-state index contributed by atoms with van der Waals surface area (Å²) < 4.78 is 5.87. The highest BCUT2D eigenvalue weighted by molar-refractivity contribution is 8.27. The van der Waals surface area contributed by atoms with Crippen molar-refractivity contribution in [3.05, 3.63) is 106 Å². The van der Waals surface area contributed by atoms with Crippen LogP contribution >= 0.6 is 23.4 Å². The SMILES string of the molecule is N=C1C(=Cc2cccc(OCc3ccccc3Cl)c2)C(=O)N=C2SC(c3ccccc3)=NN12. The van der Waals surface area contributed by atoms with Crippen LogP contribution in [0.15, 0.2) is 94.5 Å². The van der Waals surface area contributed by atoms with Crippen molar-refractivity contribution in [2.24, 2.45) is 10.1 Å². The van der Waals surface area contributed by atoms with Crippen molar-refractivity contribution < 1.29 is 9.53 Å². The average Bonchev–Trinajstić information content (AvgIpc) is 3.26. The van der Waals surface area contributed by atoms with Crippen LogP contribution in [0.25, 0.3) is 6.08 Å². The van der Waals surface area contributed by atoms with Crippen molar-refractivity contribution in [3.8, 4) is 5.75 Å². The molecule has 0 bridgehead atoms. The quantitative estimate of drug-likeness (QED) is 0.491. The standard InChI is InChI=1S/C25H17ClN4O2S/c26-21-12-5-4-10-18(21)15-32-19-11-6-7-16(13-19)14-20-22(27)30-25(28-23(20)31)33-24(29-30)17-8-2-1-3-9-17/h1-14,27H,15H2. The van der Waals surface area contributed by atoms with Crippen LogP contribution in [0.1, 0.15) is 16.7 Å². The van der Waals surface area contributed by atoms with Crippen molar-refractivity contribution in [1.29, 1.82) is 5.41 Å². The van der Waals surface area contributed by atoms with Gasteiger partial charge in [0.1, 0.15) is 17.4 Å². The molecule has 0 fully saturated rings. The summed E-state index contributed by atoms with van der Waals surface area (Å²) in [6, 6.07) is 24.4. The number of hydrogen-bond acceptors (Lipinski definition) is 5. The second-order valence-corrected chi connectivity index (χ2v) is 8.61. The highest BCUT2D eigenvalue weighted by atomic mass is 35.5. The van der Waals surface area contributed by atoms with Crippen molar-refractivity contribution in [3.63, 3.8) is 0 Å². The van der Waals surface area contributed by atoms with Crippen molar-refractivity contribution in [2.75, 3.05) is 0 Å². The Morgan fingerprint density at radius 3 is 2.64 bits per heavy atom. The molecule has 0 unspecified atom stereocenters. The molecule has 2 aliphatic heterocycles. The lowest BCUT2D eigenvalue weighted by Gasteiger charge is -2.20.